The predicted octanol–water partition coefficient (Wildman–Crippen LogP) is 4.03. The van der Waals surface area contributed by atoms with Gasteiger partial charge in [-0.2, -0.15) is 0 Å². The first kappa shape index (κ1) is 29.2. The molecule has 1 heterocycles. The van der Waals surface area contributed by atoms with Gasteiger partial charge >= 0.3 is 5.97 Å². The van der Waals surface area contributed by atoms with Gasteiger partial charge in [0.15, 0.2) is 24.3 Å². The first-order valence-electron chi connectivity index (χ1n) is 16.0. The standard InChI is InChI=1S/C33H47NO7/c1-4-32-16-25(36)28-23(11-10-21-14-22(35)12-13-31(21,28)3)24(32)15-27-33(32,26(37)18-39-29(38)19(2)17-34)41-30(40-27)20-8-6-5-7-9-20/h12-14,19-20,23-25,27-28,30,36H,4-11,15-18,34H2,1-3H3/t19?,23?,24-,25-,27+,28+,30+,31-,32?,33+/m0/s1. The van der Waals surface area contributed by atoms with E-state index in [-0.39, 0.29) is 48.4 Å². The van der Waals surface area contributed by atoms with Crippen molar-refractivity contribution in [2.24, 2.45) is 46.2 Å². The van der Waals surface area contributed by atoms with Crippen LogP contribution in [-0.2, 0) is 28.6 Å². The van der Waals surface area contributed by atoms with Crippen LogP contribution in [-0.4, -0.2) is 59.9 Å². The number of allylic oxidation sites excluding steroid dienone is 4. The van der Waals surface area contributed by atoms with E-state index in [0.29, 0.717) is 19.3 Å². The van der Waals surface area contributed by atoms with Crippen molar-refractivity contribution in [1.29, 1.82) is 0 Å². The molecular weight excluding hydrogens is 522 g/mol. The third-order valence-corrected chi connectivity index (χ3v) is 12.2. The molecule has 5 fully saturated rings. The molecule has 41 heavy (non-hydrogen) atoms. The molecule has 10 atom stereocenters. The van der Waals surface area contributed by atoms with Crippen molar-refractivity contribution in [2.45, 2.75) is 109 Å². The highest BCUT2D eigenvalue weighted by Gasteiger charge is 2.77. The second-order valence-corrected chi connectivity index (χ2v) is 14.0. The third kappa shape index (κ3) is 4.26. The lowest BCUT2D eigenvalue weighted by molar-refractivity contribution is -0.215. The molecule has 8 heteroatoms. The summed E-state index contributed by atoms with van der Waals surface area (Å²) in [6, 6.07) is 0. The smallest absolute Gasteiger partial charge is 0.310 e. The highest BCUT2D eigenvalue weighted by atomic mass is 16.7. The molecule has 5 aliphatic carbocycles. The van der Waals surface area contributed by atoms with E-state index in [9.17, 15) is 19.5 Å². The number of ketones is 2. The van der Waals surface area contributed by atoms with Crippen molar-refractivity contribution in [2.75, 3.05) is 13.2 Å². The van der Waals surface area contributed by atoms with Crippen LogP contribution in [0.25, 0.3) is 0 Å². The number of carbonyl (C=O) groups is 3. The number of rotatable bonds is 7. The Hall–Kier alpha value is -1.87. The molecular formula is C33H47NO7. The van der Waals surface area contributed by atoms with Gasteiger partial charge in [0.25, 0.3) is 0 Å². The number of aliphatic hydroxyl groups is 1. The van der Waals surface area contributed by atoms with Crippen molar-refractivity contribution in [1.82, 2.24) is 0 Å². The van der Waals surface area contributed by atoms with Crippen molar-refractivity contribution in [3.05, 3.63) is 23.8 Å². The quantitative estimate of drug-likeness (QED) is 0.440. The van der Waals surface area contributed by atoms with Crippen LogP contribution in [0.1, 0.15) is 85.0 Å². The minimum absolute atomic E-state index is 0.0122. The fourth-order valence-corrected chi connectivity index (χ4v) is 10.1. The molecule has 0 amide bonds. The normalized spacial score (nSPS) is 44.3. The molecule has 6 aliphatic rings. The van der Waals surface area contributed by atoms with Crippen LogP contribution in [0.15, 0.2) is 23.8 Å². The largest absolute Gasteiger partial charge is 0.457 e. The number of ether oxygens (including phenoxy) is 3. The lowest BCUT2D eigenvalue weighted by atomic mass is 9.45. The molecule has 226 valence electrons. The van der Waals surface area contributed by atoms with Crippen molar-refractivity contribution in [3.8, 4) is 0 Å². The van der Waals surface area contributed by atoms with Gasteiger partial charge < -0.3 is 25.1 Å². The van der Waals surface area contributed by atoms with Crippen LogP contribution >= 0.6 is 0 Å². The Morgan fingerprint density at radius 1 is 1.22 bits per heavy atom. The summed E-state index contributed by atoms with van der Waals surface area (Å²) in [5.74, 6) is -0.796. The zero-order valence-corrected chi connectivity index (χ0v) is 24.8. The number of carbonyl (C=O) groups excluding carboxylic acids is 3. The zero-order valence-electron chi connectivity index (χ0n) is 24.8. The topological polar surface area (TPSA) is 125 Å². The Bertz CT molecular complexity index is 1140. The average molecular weight is 570 g/mol. The van der Waals surface area contributed by atoms with Gasteiger partial charge in [0.05, 0.1) is 18.1 Å². The third-order valence-electron chi connectivity index (χ3n) is 12.2. The number of aliphatic hydroxyl groups excluding tert-OH is 1. The summed E-state index contributed by atoms with van der Waals surface area (Å²) in [4.78, 5) is 39.2. The fourth-order valence-electron chi connectivity index (χ4n) is 10.1. The molecule has 3 N–H and O–H groups in total. The van der Waals surface area contributed by atoms with Gasteiger partial charge in [0.1, 0.15) is 0 Å². The molecule has 3 unspecified atom stereocenters. The minimum Gasteiger partial charge on any atom is -0.457 e. The number of fused-ring (bicyclic) bond motifs is 7. The van der Waals surface area contributed by atoms with E-state index in [1.54, 1.807) is 19.1 Å². The van der Waals surface area contributed by atoms with Crippen molar-refractivity contribution < 1.29 is 33.7 Å². The number of hydrogen-bond donors (Lipinski definition) is 2. The van der Waals surface area contributed by atoms with Crippen molar-refractivity contribution >= 4 is 17.5 Å². The summed E-state index contributed by atoms with van der Waals surface area (Å²) in [6.07, 6.45) is 12.7. The Morgan fingerprint density at radius 2 is 1.98 bits per heavy atom. The molecule has 4 saturated carbocycles. The maximum Gasteiger partial charge on any atom is 0.310 e. The molecule has 0 aromatic carbocycles. The Balaban J connectivity index is 1.37. The molecule has 0 aromatic heterocycles. The number of hydrogen-bond acceptors (Lipinski definition) is 8. The van der Waals surface area contributed by atoms with Crippen LogP contribution in [0.4, 0.5) is 0 Å². The zero-order chi connectivity index (χ0) is 29.2. The number of Topliss-reactive ketones (excluding diaryl/α,β-unsaturated/α-hetero) is 1. The summed E-state index contributed by atoms with van der Waals surface area (Å²) >= 11 is 0. The average Bonchev–Trinajstić information content (AvgIpc) is 3.49. The molecule has 0 spiro atoms. The second-order valence-electron chi connectivity index (χ2n) is 14.0. The number of nitrogens with two attached hydrogens (primary N) is 1. The lowest BCUT2D eigenvalue weighted by Crippen LogP contribution is -2.64. The van der Waals surface area contributed by atoms with Gasteiger partial charge in [-0.1, -0.05) is 51.7 Å². The van der Waals surface area contributed by atoms with Gasteiger partial charge in [-0.15, -0.1) is 0 Å². The van der Waals surface area contributed by atoms with Gasteiger partial charge in [-0.25, -0.2) is 0 Å². The van der Waals surface area contributed by atoms with E-state index in [1.807, 2.05) is 6.08 Å². The van der Waals surface area contributed by atoms with Gasteiger partial charge in [-0.05, 0) is 68.9 Å². The minimum atomic E-state index is -1.28. The second kappa shape index (κ2) is 10.7. The number of esters is 1. The van der Waals surface area contributed by atoms with E-state index in [0.717, 1.165) is 44.1 Å². The first-order chi connectivity index (χ1) is 19.6. The van der Waals surface area contributed by atoms with E-state index in [1.165, 1.54) is 6.42 Å². The van der Waals surface area contributed by atoms with E-state index in [2.05, 4.69) is 13.8 Å². The molecule has 0 radical (unpaired) electrons. The molecule has 8 nitrogen and oxygen atoms in total. The van der Waals surface area contributed by atoms with Gasteiger partial charge in [-0.3, -0.25) is 14.4 Å². The summed E-state index contributed by atoms with van der Waals surface area (Å²) in [5, 5.41) is 12.0. The Kier molecular flexibility index (Phi) is 7.62. The Labute approximate surface area is 243 Å². The van der Waals surface area contributed by atoms with Gasteiger partial charge in [0.2, 0.25) is 5.78 Å². The predicted molar refractivity (Wildman–Crippen MR) is 151 cm³/mol. The molecule has 6 rings (SSSR count). The monoisotopic (exact) mass is 569 g/mol. The molecule has 0 bridgehead atoms. The van der Waals surface area contributed by atoms with E-state index < -0.39 is 46.8 Å². The molecule has 0 aromatic rings. The fraction of sp³-hybridized carbons (Fsp3) is 0.788. The Morgan fingerprint density at radius 3 is 2.68 bits per heavy atom. The molecule has 1 aliphatic heterocycles. The van der Waals surface area contributed by atoms with Crippen LogP contribution < -0.4 is 5.73 Å². The van der Waals surface area contributed by atoms with E-state index >= 15 is 0 Å². The van der Waals surface area contributed by atoms with Crippen LogP contribution in [0, 0.1) is 40.4 Å². The summed E-state index contributed by atoms with van der Waals surface area (Å²) in [7, 11) is 0. The summed E-state index contributed by atoms with van der Waals surface area (Å²) in [6.45, 7) is 5.72. The highest BCUT2D eigenvalue weighted by Crippen LogP contribution is 2.71. The summed E-state index contributed by atoms with van der Waals surface area (Å²) < 4.78 is 19.2. The maximum atomic E-state index is 14.5. The summed E-state index contributed by atoms with van der Waals surface area (Å²) in [5.41, 5.74) is 4.46. The molecule has 1 saturated heterocycles. The van der Waals surface area contributed by atoms with E-state index in [4.69, 9.17) is 19.9 Å². The van der Waals surface area contributed by atoms with Crippen molar-refractivity contribution in [3.63, 3.8) is 0 Å². The SMILES string of the molecule is CCC12C[C@H](O)[C@H]3C(CCC4=CC(=O)C=C[C@@]43C)[C@@H]1C[C@H]1O[C@@H](C3CCCCC3)O[C@]12C(=O)COC(=O)C(C)CN. The highest BCUT2D eigenvalue weighted by molar-refractivity contribution is 6.01. The van der Waals surface area contributed by atoms with Crippen LogP contribution in [0.3, 0.4) is 0 Å². The lowest BCUT2D eigenvalue weighted by Gasteiger charge is -2.60. The van der Waals surface area contributed by atoms with Crippen LogP contribution in [0.5, 0.6) is 0 Å². The maximum absolute atomic E-state index is 14.5. The first-order valence-corrected chi connectivity index (χ1v) is 16.0. The van der Waals surface area contributed by atoms with Gasteiger partial charge in [0, 0.05) is 29.2 Å². The van der Waals surface area contributed by atoms with Crippen LogP contribution in [0.2, 0.25) is 0 Å².